The number of nitrogens with zero attached hydrogens (tertiary/aromatic N) is 5. The third-order valence-corrected chi connectivity index (χ3v) is 5.13. The summed E-state index contributed by atoms with van der Waals surface area (Å²) in [6, 6.07) is 8.05. The van der Waals surface area contributed by atoms with Crippen molar-refractivity contribution in [2.45, 2.75) is 25.7 Å². The molecule has 2 aromatic rings. The highest BCUT2D eigenvalue weighted by atomic mass is 35.5. The summed E-state index contributed by atoms with van der Waals surface area (Å²) in [5.41, 5.74) is 5.91. The molecule has 3 aliphatic rings. The Morgan fingerprint density at radius 3 is 2.71 bits per heavy atom. The maximum absolute atomic E-state index is 6.10. The van der Waals surface area contributed by atoms with Crippen LogP contribution in [0.15, 0.2) is 39.6 Å². The molecule has 5 nitrogen and oxygen atoms in total. The lowest BCUT2D eigenvalue weighted by Crippen LogP contribution is -2.27. The molecule has 0 fully saturated rings. The van der Waals surface area contributed by atoms with E-state index in [0.29, 0.717) is 5.82 Å². The number of aromatic nitrogens is 1. The fourth-order valence-corrected chi connectivity index (χ4v) is 3.90. The first kappa shape index (κ1) is 14.1. The van der Waals surface area contributed by atoms with Crippen molar-refractivity contribution in [2.24, 2.45) is 15.3 Å². The Morgan fingerprint density at radius 1 is 1.00 bits per heavy atom. The molecule has 3 heterocycles. The van der Waals surface area contributed by atoms with E-state index in [1.54, 1.807) is 0 Å². The number of hydrogen-bond donors (Lipinski definition) is 0. The molecule has 120 valence electrons. The molecule has 0 atom stereocenters. The fraction of sp³-hybridized carbons (Fsp3) is 0.333. The van der Waals surface area contributed by atoms with Crippen LogP contribution < -0.4 is 0 Å². The summed E-state index contributed by atoms with van der Waals surface area (Å²) in [5, 5.41) is 11.3. The van der Waals surface area contributed by atoms with Crippen LogP contribution in [0, 0.1) is 0 Å². The van der Waals surface area contributed by atoms with Gasteiger partial charge >= 0.3 is 0 Å². The van der Waals surface area contributed by atoms with Crippen LogP contribution in [0.2, 0.25) is 5.02 Å². The second-order valence-corrected chi connectivity index (χ2v) is 6.78. The second-order valence-electron chi connectivity index (χ2n) is 6.34. The topological polar surface area (TPSA) is 53.2 Å². The van der Waals surface area contributed by atoms with Gasteiger partial charge in [0.1, 0.15) is 0 Å². The van der Waals surface area contributed by atoms with E-state index in [4.69, 9.17) is 16.6 Å². The molecule has 0 spiro atoms. The minimum Gasteiger partial charge on any atom is -0.264 e. The molecule has 24 heavy (non-hydrogen) atoms. The van der Waals surface area contributed by atoms with Crippen LogP contribution >= 0.6 is 11.6 Å². The number of aryl methyl sites for hydroxylation is 1. The van der Waals surface area contributed by atoms with Gasteiger partial charge in [-0.25, -0.2) is 9.99 Å². The summed E-state index contributed by atoms with van der Waals surface area (Å²) in [6.07, 6.45) is 4.45. The Kier molecular flexibility index (Phi) is 3.16. The van der Waals surface area contributed by atoms with E-state index in [1.165, 1.54) is 24.0 Å². The van der Waals surface area contributed by atoms with Gasteiger partial charge in [-0.15, -0.1) is 5.11 Å². The summed E-state index contributed by atoms with van der Waals surface area (Å²) >= 11 is 6.10. The number of halogens is 1. The van der Waals surface area contributed by atoms with Gasteiger partial charge in [0.05, 0.1) is 18.7 Å². The molecule has 0 bridgehead atoms. The van der Waals surface area contributed by atoms with E-state index in [0.717, 1.165) is 53.6 Å². The number of rotatable bonds is 1. The van der Waals surface area contributed by atoms with E-state index in [-0.39, 0.29) is 0 Å². The molecule has 0 radical (unpaired) electrons. The molecular formula is C18H16ClN5. The standard InChI is InChI=1S/C18H16ClN5/c19-12-7-5-11(6-8-12)15-13-3-1-2-4-14(13)21-17-16(15)18-20-9-10-24(18)23-22-17/h5-8H,1-4,9-10H2. The van der Waals surface area contributed by atoms with Crippen LogP contribution in [0.1, 0.15) is 29.7 Å². The first-order valence-corrected chi connectivity index (χ1v) is 8.75. The van der Waals surface area contributed by atoms with Crippen LogP contribution in [0.5, 0.6) is 0 Å². The molecule has 6 heteroatoms. The van der Waals surface area contributed by atoms with Crippen molar-refractivity contribution in [2.75, 3.05) is 13.1 Å². The van der Waals surface area contributed by atoms with Crippen LogP contribution in [-0.4, -0.2) is 28.9 Å². The predicted molar refractivity (Wildman–Crippen MR) is 94.0 cm³/mol. The van der Waals surface area contributed by atoms with Gasteiger partial charge in [0, 0.05) is 16.3 Å². The molecule has 0 unspecified atom stereocenters. The summed E-state index contributed by atoms with van der Waals surface area (Å²) in [7, 11) is 0. The van der Waals surface area contributed by atoms with Gasteiger partial charge in [0.2, 0.25) is 0 Å². The van der Waals surface area contributed by atoms with Gasteiger partial charge in [0.25, 0.3) is 0 Å². The first-order chi connectivity index (χ1) is 11.8. The molecule has 5 rings (SSSR count). The highest BCUT2D eigenvalue weighted by Crippen LogP contribution is 2.41. The zero-order valence-corrected chi connectivity index (χ0v) is 13.9. The van der Waals surface area contributed by atoms with Gasteiger partial charge in [-0.2, -0.15) is 0 Å². The monoisotopic (exact) mass is 337 g/mol. The molecule has 1 aliphatic carbocycles. The molecule has 1 aromatic carbocycles. The van der Waals surface area contributed by atoms with Gasteiger partial charge in [-0.05, 0) is 48.9 Å². The van der Waals surface area contributed by atoms with Crippen molar-refractivity contribution in [3.05, 3.63) is 46.1 Å². The average Bonchev–Trinajstić information content (AvgIpc) is 3.09. The molecule has 1 aromatic heterocycles. The maximum atomic E-state index is 6.10. The summed E-state index contributed by atoms with van der Waals surface area (Å²) < 4.78 is 0. The minimum atomic E-state index is 0.706. The van der Waals surface area contributed by atoms with Crippen LogP contribution in [-0.2, 0) is 12.8 Å². The highest BCUT2D eigenvalue weighted by molar-refractivity contribution is 6.30. The minimum absolute atomic E-state index is 0.706. The number of benzene rings is 1. The molecule has 0 saturated carbocycles. The van der Waals surface area contributed by atoms with Gasteiger partial charge in [-0.1, -0.05) is 29.0 Å². The number of amidine groups is 1. The average molecular weight is 338 g/mol. The predicted octanol–water partition coefficient (Wildman–Crippen LogP) is 4.36. The second kappa shape index (κ2) is 5.38. The van der Waals surface area contributed by atoms with Gasteiger partial charge < -0.3 is 0 Å². The Hall–Kier alpha value is -2.27. The van der Waals surface area contributed by atoms with Crippen LogP contribution in [0.25, 0.3) is 11.1 Å². The Bertz CT molecular complexity index is 885. The van der Waals surface area contributed by atoms with Crippen molar-refractivity contribution in [1.82, 2.24) is 9.99 Å². The molecule has 2 aliphatic heterocycles. The first-order valence-electron chi connectivity index (χ1n) is 8.37. The smallest absolute Gasteiger partial charge is 0.188 e. The van der Waals surface area contributed by atoms with Crippen molar-refractivity contribution >= 4 is 23.3 Å². The lowest BCUT2D eigenvalue weighted by atomic mass is 9.86. The van der Waals surface area contributed by atoms with Gasteiger partial charge in [-0.3, -0.25) is 4.99 Å². The molecule has 0 N–H and O–H groups in total. The number of pyridine rings is 1. The van der Waals surface area contributed by atoms with E-state index < -0.39 is 0 Å². The number of fused-ring (bicyclic) bond motifs is 4. The number of hydrogen-bond acceptors (Lipinski definition) is 5. The summed E-state index contributed by atoms with van der Waals surface area (Å²) in [6.45, 7) is 1.54. The lowest BCUT2D eigenvalue weighted by Gasteiger charge is -2.26. The molecule has 0 amide bonds. The van der Waals surface area contributed by atoms with Gasteiger partial charge in [0.15, 0.2) is 11.7 Å². The van der Waals surface area contributed by atoms with Crippen molar-refractivity contribution in [3.8, 4) is 11.1 Å². The van der Waals surface area contributed by atoms with E-state index in [2.05, 4.69) is 27.5 Å². The summed E-state index contributed by atoms with van der Waals surface area (Å²) in [5.74, 6) is 1.61. The van der Waals surface area contributed by atoms with E-state index >= 15 is 0 Å². The van der Waals surface area contributed by atoms with Crippen molar-refractivity contribution in [3.63, 3.8) is 0 Å². The number of aliphatic imine (C=N–C) groups is 1. The van der Waals surface area contributed by atoms with Crippen LogP contribution in [0.4, 0.5) is 5.82 Å². The fourth-order valence-electron chi connectivity index (χ4n) is 3.78. The zero-order chi connectivity index (χ0) is 16.1. The van der Waals surface area contributed by atoms with Crippen molar-refractivity contribution < 1.29 is 0 Å². The zero-order valence-electron chi connectivity index (χ0n) is 13.2. The summed E-state index contributed by atoms with van der Waals surface area (Å²) in [4.78, 5) is 9.50. The quantitative estimate of drug-likeness (QED) is 0.776. The maximum Gasteiger partial charge on any atom is 0.188 e. The third-order valence-electron chi connectivity index (χ3n) is 4.88. The van der Waals surface area contributed by atoms with Crippen molar-refractivity contribution in [1.29, 1.82) is 0 Å². The van der Waals surface area contributed by atoms with E-state index in [9.17, 15) is 0 Å². The Labute approximate surface area is 145 Å². The molecular weight excluding hydrogens is 322 g/mol. The highest BCUT2D eigenvalue weighted by Gasteiger charge is 2.32. The molecule has 0 saturated heterocycles. The largest absolute Gasteiger partial charge is 0.264 e. The third kappa shape index (κ3) is 2.08. The lowest BCUT2D eigenvalue weighted by molar-refractivity contribution is 0.451. The van der Waals surface area contributed by atoms with Crippen LogP contribution in [0.3, 0.4) is 0 Å². The SMILES string of the molecule is Clc1ccc(-c2c3c(nc4c2C2=NCCN2N=N4)CCCC3)cc1. The Morgan fingerprint density at radius 2 is 1.83 bits per heavy atom. The van der Waals surface area contributed by atoms with E-state index in [1.807, 2.05) is 17.1 Å². The Balaban J connectivity index is 1.83. The normalized spacial score (nSPS) is 18.0.